The van der Waals surface area contributed by atoms with Crippen LogP contribution in [0.15, 0.2) is 48.5 Å². The highest BCUT2D eigenvalue weighted by atomic mass is 35.5. The topological polar surface area (TPSA) is 73.8 Å². The van der Waals surface area contributed by atoms with Gasteiger partial charge < -0.3 is 5.73 Å². The third kappa shape index (κ3) is 2.71. The number of benzene rings is 2. The average Bonchev–Trinajstić information content (AvgIpc) is 2.92. The number of rotatable bonds is 3. The first-order valence-corrected chi connectivity index (χ1v) is 7.02. The highest BCUT2D eigenvalue weighted by molar-refractivity contribution is 6.30. The predicted molar refractivity (Wildman–Crippen MR) is 85.1 cm³/mol. The zero-order valence-electron chi connectivity index (χ0n) is 11.8. The van der Waals surface area contributed by atoms with Crippen molar-refractivity contribution in [1.29, 1.82) is 0 Å². The Morgan fingerprint density at radius 3 is 2.64 bits per heavy atom. The minimum atomic E-state index is -0.672. The number of amides is 1. The molecule has 0 aliphatic carbocycles. The average molecular weight is 313 g/mol. The summed E-state index contributed by atoms with van der Waals surface area (Å²) >= 11 is 6.04. The van der Waals surface area contributed by atoms with Crippen LogP contribution in [-0.4, -0.2) is 20.7 Å². The molecular weight excluding hydrogens is 300 g/mol. The quantitative estimate of drug-likeness (QED) is 0.808. The molecule has 6 heteroatoms. The van der Waals surface area contributed by atoms with Gasteiger partial charge in [-0.3, -0.25) is 4.79 Å². The number of halogens is 1. The first kappa shape index (κ1) is 14.3. The Balaban J connectivity index is 2.22. The molecule has 0 saturated heterocycles. The second-order valence-corrected chi connectivity index (χ2v) is 5.32. The van der Waals surface area contributed by atoms with Gasteiger partial charge in [0.25, 0.3) is 5.91 Å². The molecular formula is C16H13ClN4O. The lowest BCUT2D eigenvalue weighted by atomic mass is 10.2. The Kier molecular flexibility index (Phi) is 3.65. The first-order valence-electron chi connectivity index (χ1n) is 6.64. The standard InChI is InChI=1S/C16H13ClN4O/c1-10-4-2-7-13(8-10)21-16(19-15(20-21)14(18)22)11-5-3-6-12(17)9-11/h2-9H,1H3,(H2,18,22). The van der Waals surface area contributed by atoms with Crippen molar-refractivity contribution in [1.82, 2.24) is 14.8 Å². The van der Waals surface area contributed by atoms with Crippen LogP contribution < -0.4 is 5.73 Å². The molecule has 5 nitrogen and oxygen atoms in total. The van der Waals surface area contributed by atoms with Gasteiger partial charge in [0.05, 0.1) is 5.69 Å². The monoisotopic (exact) mass is 312 g/mol. The van der Waals surface area contributed by atoms with Crippen molar-refractivity contribution in [3.05, 3.63) is 64.9 Å². The summed E-state index contributed by atoms with van der Waals surface area (Å²) in [6, 6.07) is 14.9. The lowest BCUT2D eigenvalue weighted by Crippen LogP contribution is -2.13. The molecule has 0 radical (unpaired) electrons. The molecule has 3 aromatic rings. The lowest BCUT2D eigenvalue weighted by Gasteiger charge is -2.07. The van der Waals surface area contributed by atoms with Gasteiger partial charge >= 0.3 is 0 Å². The number of aromatic nitrogens is 3. The number of nitrogens with zero attached hydrogens (tertiary/aromatic N) is 3. The number of aryl methyl sites for hydroxylation is 1. The van der Waals surface area contributed by atoms with Crippen LogP contribution in [0.4, 0.5) is 0 Å². The summed E-state index contributed by atoms with van der Waals surface area (Å²) in [4.78, 5) is 15.7. The molecule has 1 aromatic heterocycles. The second-order valence-electron chi connectivity index (χ2n) is 4.88. The van der Waals surface area contributed by atoms with Crippen LogP contribution in [0.5, 0.6) is 0 Å². The van der Waals surface area contributed by atoms with E-state index in [1.165, 1.54) is 0 Å². The van der Waals surface area contributed by atoms with Crippen molar-refractivity contribution in [2.24, 2.45) is 5.73 Å². The Hall–Kier alpha value is -2.66. The summed E-state index contributed by atoms with van der Waals surface area (Å²) in [6.07, 6.45) is 0. The van der Waals surface area contributed by atoms with Crippen molar-refractivity contribution in [2.45, 2.75) is 6.92 Å². The predicted octanol–water partition coefficient (Wildman–Crippen LogP) is 3.00. The van der Waals surface area contributed by atoms with E-state index in [1.54, 1.807) is 16.8 Å². The minimum absolute atomic E-state index is 0.0310. The summed E-state index contributed by atoms with van der Waals surface area (Å²) < 4.78 is 1.60. The molecule has 3 rings (SSSR count). The van der Waals surface area contributed by atoms with Gasteiger partial charge in [-0.05, 0) is 36.8 Å². The number of primary amides is 1. The van der Waals surface area contributed by atoms with Crippen LogP contribution >= 0.6 is 11.6 Å². The van der Waals surface area contributed by atoms with E-state index in [-0.39, 0.29) is 5.82 Å². The first-order chi connectivity index (χ1) is 10.5. The van der Waals surface area contributed by atoms with Crippen LogP contribution in [0, 0.1) is 6.92 Å². The maximum atomic E-state index is 11.4. The van der Waals surface area contributed by atoms with Gasteiger partial charge in [0, 0.05) is 10.6 Å². The van der Waals surface area contributed by atoms with Gasteiger partial charge in [0.15, 0.2) is 5.82 Å². The van der Waals surface area contributed by atoms with Crippen molar-refractivity contribution < 1.29 is 4.79 Å². The third-order valence-electron chi connectivity index (χ3n) is 3.16. The molecule has 0 saturated carbocycles. The van der Waals surface area contributed by atoms with Crippen molar-refractivity contribution >= 4 is 17.5 Å². The number of carbonyl (C=O) groups is 1. The number of carbonyl (C=O) groups excluding carboxylic acids is 1. The Morgan fingerprint density at radius 1 is 1.18 bits per heavy atom. The highest BCUT2D eigenvalue weighted by Gasteiger charge is 2.17. The van der Waals surface area contributed by atoms with E-state index >= 15 is 0 Å². The molecule has 0 aliphatic heterocycles. The fourth-order valence-corrected chi connectivity index (χ4v) is 2.36. The summed E-state index contributed by atoms with van der Waals surface area (Å²) in [7, 11) is 0. The molecule has 2 N–H and O–H groups in total. The Labute approximate surface area is 132 Å². The molecule has 0 spiro atoms. The molecule has 0 atom stereocenters. The second kappa shape index (κ2) is 5.61. The molecule has 0 fully saturated rings. The Bertz CT molecular complexity index is 794. The van der Waals surface area contributed by atoms with E-state index in [0.717, 1.165) is 16.8 Å². The molecule has 110 valence electrons. The van der Waals surface area contributed by atoms with E-state index < -0.39 is 5.91 Å². The third-order valence-corrected chi connectivity index (χ3v) is 3.39. The maximum absolute atomic E-state index is 11.4. The molecule has 0 bridgehead atoms. The van der Waals surface area contributed by atoms with Crippen LogP contribution in [0.2, 0.25) is 5.02 Å². The highest BCUT2D eigenvalue weighted by Crippen LogP contribution is 2.24. The van der Waals surface area contributed by atoms with Crippen LogP contribution in [0.1, 0.15) is 16.2 Å². The van der Waals surface area contributed by atoms with Crippen molar-refractivity contribution in [3.8, 4) is 17.1 Å². The van der Waals surface area contributed by atoms with Gasteiger partial charge in [-0.15, -0.1) is 5.10 Å². The van der Waals surface area contributed by atoms with Crippen LogP contribution in [-0.2, 0) is 0 Å². The molecule has 1 amide bonds. The molecule has 22 heavy (non-hydrogen) atoms. The summed E-state index contributed by atoms with van der Waals surface area (Å²) in [5, 5.41) is 4.80. The van der Waals surface area contributed by atoms with Gasteiger partial charge in [-0.1, -0.05) is 35.9 Å². The van der Waals surface area contributed by atoms with E-state index in [1.807, 2.05) is 43.3 Å². The zero-order chi connectivity index (χ0) is 15.7. The lowest BCUT2D eigenvalue weighted by molar-refractivity contribution is 0.0990. The van der Waals surface area contributed by atoms with Crippen molar-refractivity contribution in [2.75, 3.05) is 0 Å². The number of nitrogens with two attached hydrogens (primary N) is 1. The van der Waals surface area contributed by atoms with E-state index in [9.17, 15) is 4.79 Å². The van der Waals surface area contributed by atoms with E-state index in [0.29, 0.717) is 10.8 Å². The fraction of sp³-hybridized carbons (Fsp3) is 0.0625. The maximum Gasteiger partial charge on any atom is 0.288 e. The summed E-state index contributed by atoms with van der Waals surface area (Å²) in [6.45, 7) is 1.98. The zero-order valence-corrected chi connectivity index (χ0v) is 12.6. The van der Waals surface area contributed by atoms with E-state index in [4.69, 9.17) is 17.3 Å². The molecule has 1 heterocycles. The van der Waals surface area contributed by atoms with Gasteiger partial charge in [0.1, 0.15) is 0 Å². The van der Waals surface area contributed by atoms with Gasteiger partial charge in [-0.2, -0.15) is 0 Å². The van der Waals surface area contributed by atoms with Crippen LogP contribution in [0.3, 0.4) is 0 Å². The minimum Gasteiger partial charge on any atom is -0.363 e. The SMILES string of the molecule is Cc1cccc(-n2nc(C(N)=O)nc2-c2cccc(Cl)c2)c1. The van der Waals surface area contributed by atoms with Crippen molar-refractivity contribution in [3.63, 3.8) is 0 Å². The normalized spacial score (nSPS) is 10.6. The number of hydrogen-bond donors (Lipinski definition) is 1. The van der Waals surface area contributed by atoms with Crippen LogP contribution in [0.25, 0.3) is 17.1 Å². The Morgan fingerprint density at radius 2 is 1.95 bits per heavy atom. The molecule has 0 aliphatic rings. The molecule has 2 aromatic carbocycles. The van der Waals surface area contributed by atoms with Gasteiger partial charge in [0.2, 0.25) is 5.82 Å². The smallest absolute Gasteiger partial charge is 0.288 e. The number of hydrogen-bond acceptors (Lipinski definition) is 3. The van der Waals surface area contributed by atoms with E-state index in [2.05, 4.69) is 10.1 Å². The van der Waals surface area contributed by atoms with Gasteiger partial charge in [-0.25, -0.2) is 9.67 Å². The molecule has 0 unspecified atom stereocenters. The summed E-state index contributed by atoms with van der Waals surface area (Å²) in [5.41, 5.74) is 7.94. The fourth-order valence-electron chi connectivity index (χ4n) is 2.17. The largest absolute Gasteiger partial charge is 0.363 e. The summed E-state index contributed by atoms with van der Waals surface area (Å²) in [5.74, 6) is -0.187.